The second kappa shape index (κ2) is 5.86. The number of carbonyl (C=O) groups excluding carboxylic acids is 1. The molecule has 20 heavy (non-hydrogen) atoms. The zero-order valence-corrected chi connectivity index (χ0v) is 14.0. The Morgan fingerprint density at radius 3 is 2.80 bits per heavy atom. The summed E-state index contributed by atoms with van der Waals surface area (Å²) in [5.74, 6) is 0.210. The lowest BCUT2D eigenvalue weighted by Gasteiger charge is -2.31. The van der Waals surface area contributed by atoms with Gasteiger partial charge in [-0.25, -0.2) is 0 Å². The van der Waals surface area contributed by atoms with Gasteiger partial charge in [-0.05, 0) is 56.9 Å². The Kier molecular flexibility index (Phi) is 4.55. The van der Waals surface area contributed by atoms with Crippen molar-refractivity contribution in [3.63, 3.8) is 0 Å². The molecule has 0 aliphatic carbocycles. The number of nitrogens with two attached hydrogens (primary N) is 1. The summed E-state index contributed by atoms with van der Waals surface area (Å²) in [5, 5.41) is 0. The minimum atomic E-state index is -0.108. The summed E-state index contributed by atoms with van der Waals surface area (Å²) in [6.07, 6.45) is 2.22. The van der Waals surface area contributed by atoms with Crippen LogP contribution in [0.4, 0.5) is 0 Å². The molecule has 1 saturated heterocycles. The van der Waals surface area contributed by atoms with Crippen molar-refractivity contribution in [1.29, 1.82) is 0 Å². The van der Waals surface area contributed by atoms with Crippen LogP contribution in [0.1, 0.15) is 37.8 Å². The van der Waals surface area contributed by atoms with Crippen LogP contribution in [-0.2, 0) is 11.2 Å². The lowest BCUT2D eigenvalue weighted by atomic mass is 9.99. The first-order valence-electron chi connectivity index (χ1n) is 7.11. The summed E-state index contributed by atoms with van der Waals surface area (Å²) < 4.78 is 1.06. The van der Waals surface area contributed by atoms with E-state index in [0.29, 0.717) is 13.0 Å². The van der Waals surface area contributed by atoms with Crippen molar-refractivity contribution < 1.29 is 4.79 Å². The molecule has 1 heterocycles. The number of likely N-dealkylation sites (tertiary alicyclic amines) is 1. The van der Waals surface area contributed by atoms with Crippen molar-refractivity contribution in [2.45, 2.75) is 51.6 Å². The number of hydrogen-bond donors (Lipinski definition) is 1. The third kappa shape index (κ3) is 3.41. The SMILES string of the molecule is Cc1ccc(Br)cc1CCC(=O)N1CC(N)CC1(C)C. The van der Waals surface area contributed by atoms with E-state index in [1.165, 1.54) is 11.1 Å². The molecule has 0 bridgehead atoms. The van der Waals surface area contributed by atoms with E-state index in [9.17, 15) is 4.79 Å². The highest BCUT2D eigenvalue weighted by Gasteiger charge is 2.39. The van der Waals surface area contributed by atoms with Gasteiger partial charge in [-0.15, -0.1) is 0 Å². The van der Waals surface area contributed by atoms with E-state index in [1.807, 2.05) is 11.0 Å². The quantitative estimate of drug-likeness (QED) is 0.920. The lowest BCUT2D eigenvalue weighted by molar-refractivity contribution is -0.134. The molecule has 1 aliphatic heterocycles. The molecule has 2 N–H and O–H groups in total. The second-order valence-corrected chi connectivity index (χ2v) is 7.27. The van der Waals surface area contributed by atoms with Crippen molar-refractivity contribution in [2.24, 2.45) is 5.73 Å². The van der Waals surface area contributed by atoms with E-state index in [0.717, 1.165) is 17.3 Å². The Morgan fingerprint density at radius 2 is 2.20 bits per heavy atom. The molecule has 1 fully saturated rings. The first-order valence-corrected chi connectivity index (χ1v) is 7.90. The maximum Gasteiger partial charge on any atom is 0.223 e. The number of nitrogens with zero attached hydrogens (tertiary/aromatic N) is 1. The maximum atomic E-state index is 12.4. The molecule has 4 heteroatoms. The summed E-state index contributed by atoms with van der Waals surface area (Å²) in [6.45, 7) is 6.97. The van der Waals surface area contributed by atoms with Gasteiger partial charge < -0.3 is 10.6 Å². The Morgan fingerprint density at radius 1 is 1.50 bits per heavy atom. The molecule has 0 saturated carbocycles. The summed E-state index contributed by atoms with van der Waals surface area (Å²) in [5.41, 5.74) is 8.35. The van der Waals surface area contributed by atoms with Gasteiger partial charge in [-0.2, -0.15) is 0 Å². The molecule has 1 aliphatic rings. The van der Waals surface area contributed by atoms with Crippen LogP contribution >= 0.6 is 15.9 Å². The summed E-state index contributed by atoms with van der Waals surface area (Å²) in [6, 6.07) is 6.33. The van der Waals surface area contributed by atoms with Crippen LogP contribution in [0.2, 0.25) is 0 Å². The van der Waals surface area contributed by atoms with Gasteiger partial charge >= 0.3 is 0 Å². The van der Waals surface area contributed by atoms with Crippen molar-refractivity contribution in [2.75, 3.05) is 6.54 Å². The van der Waals surface area contributed by atoms with Gasteiger partial charge in [-0.3, -0.25) is 4.79 Å². The van der Waals surface area contributed by atoms with E-state index in [1.54, 1.807) is 0 Å². The van der Waals surface area contributed by atoms with Crippen LogP contribution in [0.3, 0.4) is 0 Å². The zero-order chi connectivity index (χ0) is 14.9. The van der Waals surface area contributed by atoms with Crippen molar-refractivity contribution >= 4 is 21.8 Å². The van der Waals surface area contributed by atoms with Gasteiger partial charge in [0.2, 0.25) is 5.91 Å². The molecule has 1 amide bonds. The van der Waals surface area contributed by atoms with Crippen LogP contribution in [-0.4, -0.2) is 28.9 Å². The number of halogens is 1. The van der Waals surface area contributed by atoms with Crippen molar-refractivity contribution in [3.05, 3.63) is 33.8 Å². The molecule has 1 aromatic carbocycles. The first-order chi connectivity index (χ1) is 9.29. The summed E-state index contributed by atoms with van der Waals surface area (Å²) >= 11 is 3.48. The number of hydrogen-bond acceptors (Lipinski definition) is 2. The normalized spacial score (nSPS) is 21.2. The van der Waals surface area contributed by atoms with Gasteiger partial charge in [0.25, 0.3) is 0 Å². The predicted octanol–water partition coefficient (Wildman–Crippen LogP) is 3.03. The highest BCUT2D eigenvalue weighted by atomic mass is 79.9. The first kappa shape index (κ1) is 15.5. The smallest absolute Gasteiger partial charge is 0.223 e. The highest BCUT2D eigenvalue weighted by molar-refractivity contribution is 9.10. The number of carbonyl (C=O) groups is 1. The molecule has 1 unspecified atom stereocenters. The fourth-order valence-electron chi connectivity index (χ4n) is 3.02. The average Bonchev–Trinajstić information content (AvgIpc) is 2.63. The standard InChI is InChI=1S/C16H23BrN2O/c1-11-4-6-13(17)8-12(11)5-7-15(20)19-10-14(18)9-16(19,2)3/h4,6,8,14H,5,7,9-10,18H2,1-3H3. The molecule has 1 aromatic rings. The Bertz CT molecular complexity index is 513. The van der Waals surface area contributed by atoms with E-state index < -0.39 is 0 Å². The van der Waals surface area contributed by atoms with E-state index in [4.69, 9.17) is 5.73 Å². The van der Waals surface area contributed by atoms with Crippen LogP contribution in [0.25, 0.3) is 0 Å². The molecular weight excluding hydrogens is 316 g/mol. The molecule has 0 aromatic heterocycles. The third-order valence-corrected chi connectivity index (χ3v) is 4.62. The van der Waals surface area contributed by atoms with Gasteiger partial charge in [0.15, 0.2) is 0 Å². The molecule has 110 valence electrons. The molecule has 3 nitrogen and oxygen atoms in total. The van der Waals surface area contributed by atoms with E-state index in [2.05, 4.69) is 48.8 Å². The fourth-order valence-corrected chi connectivity index (χ4v) is 3.43. The van der Waals surface area contributed by atoms with Gasteiger partial charge in [-0.1, -0.05) is 22.0 Å². The minimum absolute atomic E-state index is 0.108. The zero-order valence-electron chi connectivity index (χ0n) is 12.4. The van der Waals surface area contributed by atoms with E-state index >= 15 is 0 Å². The molecule has 1 atom stereocenters. The van der Waals surface area contributed by atoms with Gasteiger partial charge in [0.05, 0.1) is 0 Å². The predicted molar refractivity (Wildman–Crippen MR) is 85.6 cm³/mol. The van der Waals surface area contributed by atoms with Crippen molar-refractivity contribution in [3.8, 4) is 0 Å². The topological polar surface area (TPSA) is 46.3 Å². The van der Waals surface area contributed by atoms with Crippen LogP contribution in [0.15, 0.2) is 22.7 Å². The van der Waals surface area contributed by atoms with Gasteiger partial charge in [0.1, 0.15) is 0 Å². The fraction of sp³-hybridized carbons (Fsp3) is 0.562. The van der Waals surface area contributed by atoms with Crippen molar-refractivity contribution in [1.82, 2.24) is 4.90 Å². The Balaban J connectivity index is 2.00. The van der Waals surface area contributed by atoms with Gasteiger partial charge in [0, 0.05) is 29.0 Å². The van der Waals surface area contributed by atoms with Crippen LogP contribution < -0.4 is 5.73 Å². The summed E-state index contributed by atoms with van der Waals surface area (Å²) in [7, 11) is 0. The minimum Gasteiger partial charge on any atom is -0.336 e. The molecule has 2 rings (SSSR count). The van der Waals surface area contributed by atoms with E-state index in [-0.39, 0.29) is 17.5 Å². The molecular formula is C16H23BrN2O. The number of benzene rings is 1. The van der Waals surface area contributed by atoms with Crippen LogP contribution in [0.5, 0.6) is 0 Å². The van der Waals surface area contributed by atoms with Crippen LogP contribution in [0, 0.1) is 6.92 Å². The average molecular weight is 339 g/mol. The second-order valence-electron chi connectivity index (χ2n) is 6.35. The summed E-state index contributed by atoms with van der Waals surface area (Å²) in [4.78, 5) is 14.4. The number of aryl methyl sites for hydroxylation is 2. The monoisotopic (exact) mass is 338 g/mol. The highest BCUT2D eigenvalue weighted by Crippen LogP contribution is 2.28. The lowest BCUT2D eigenvalue weighted by Crippen LogP contribution is -2.43. The maximum absolute atomic E-state index is 12.4. The largest absolute Gasteiger partial charge is 0.336 e. The molecule has 0 radical (unpaired) electrons. The number of amides is 1. The Hall–Kier alpha value is -0.870. The molecule has 0 spiro atoms. The third-order valence-electron chi connectivity index (χ3n) is 4.13. The number of rotatable bonds is 3. The Labute approximate surface area is 129 Å².